The lowest BCUT2D eigenvalue weighted by Crippen LogP contribution is -2.17. The van der Waals surface area contributed by atoms with Crippen LogP contribution in [0.1, 0.15) is 29.4 Å². The molecule has 0 fully saturated rings. The summed E-state index contributed by atoms with van der Waals surface area (Å²) in [5.41, 5.74) is 3.11. The highest BCUT2D eigenvalue weighted by atomic mass is 32.2. The number of amides is 1. The van der Waals surface area contributed by atoms with Gasteiger partial charge in [-0.2, -0.15) is 5.26 Å². The van der Waals surface area contributed by atoms with Crippen LogP contribution in [0.3, 0.4) is 0 Å². The van der Waals surface area contributed by atoms with Crippen molar-refractivity contribution in [2.45, 2.75) is 31.5 Å². The number of benzene rings is 1. The zero-order valence-electron chi connectivity index (χ0n) is 17.8. The van der Waals surface area contributed by atoms with E-state index < -0.39 is 0 Å². The van der Waals surface area contributed by atoms with Gasteiger partial charge in [-0.1, -0.05) is 11.8 Å². The Bertz CT molecular complexity index is 1180. The number of nitriles is 1. The molecule has 1 amide bonds. The number of carbonyl (C=O) groups is 2. The van der Waals surface area contributed by atoms with Crippen molar-refractivity contribution in [1.82, 2.24) is 9.55 Å². The Morgan fingerprint density at radius 1 is 1.31 bits per heavy atom. The number of rotatable bonds is 8. The third kappa shape index (κ3) is 5.36. The quantitative estimate of drug-likeness (QED) is 0.386. The minimum absolute atomic E-state index is 0.0733. The van der Waals surface area contributed by atoms with Gasteiger partial charge in [0.1, 0.15) is 17.7 Å². The van der Waals surface area contributed by atoms with Crippen molar-refractivity contribution in [2.24, 2.45) is 0 Å². The summed E-state index contributed by atoms with van der Waals surface area (Å²) in [5.74, 6) is -0.604. The number of hydrogen-bond donors (Lipinski definition) is 1. The summed E-state index contributed by atoms with van der Waals surface area (Å²) in [6, 6.07) is 7.98. The fraction of sp³-hybridized carbons (Fsp3) is 0.273. The minimum Gasteiger partial charge on any atom is -0.466 e. The molecule has 10 heteroatoms. The van der Waals surface area contributed by atoms with Crippen LogP contribution in [0.15, 0.2) is 34.0 Å². The van der Waals surface area contributed by atoms with E-state index in [0.29, 0.717) is 33.7 Å². The van der Waals surface area contributed by atoms with Crippen LogP contribution < -0.4 is 5.32 Å². The first kappa shape index (κ1) is 23.5. The first-order valence-corrected chi connectivity index (χ1v) is 11.6. The van der Waals surface area contributed by atoms with Crippen LogP contribution in [0.4, 0.5) is 10.2 Å². The third-order valence-corrected chi connectivity index (χ3v) is 6.73. The molecule has 166 valence electrons. The van der Waals surface area contributed by atoms with Gasteiger partial charge in [0.25, 0.3) is 0 Å². The second kappa shape index (κ2) is 10.4. The molecule has 2 aromatic heterocycles. The van der Waals surface area contributed by atoms with E-state index in [4.69, 9.17) is 4.74 Å². The molecule has 0 aliphatic carbocycles. The number of aromatic nitrogens is 2. The topological polar surface area (TPSA) is 97.0 Å². The summed E-state index contributed by atoms with van der Waals surface area (Å²) < 4.78 is 20.7. The largest absolute Gasteiger partial charge is 0.466 e. The molecule has 0 bridgehead atoms. The SMILES string of the molecule is CCOC(=O)Cc1csc(SCC(=O)Nc2c(C#N)c(C)c(C)n2-c2ccc(F)cc2)n1. The molecule has 0 aliphatic rings. The van der Waals surface area contributed by atoms with Gasteiger partial charge < -0.3 is 10.1 Å². The van der Waals surface area contributed by atoms with Crippen molar-refractivity contribution in [3.8, 4) is 11.8 Å². The number of halogens is 1. The first-order valence-electron chi connectivity index (χ1n) is 9.74. The fourth-order valence-corrected chi connectivity index (χ4v) is 4.71. The van der Waals surface area contributed by atoms with Crippen molar-refractivity contribution in [1.29, 1.82) is 5.26 Å². The molecule has 3 rings (SSSR count). The van der Waals surface area contributed by atoms with E-state index in [9.17, 15) is 19.2 Å². The van der Waals surface area contributed by atoms with Gasteiger partial charge in [0.15, 0.2) is 4.34 Å². The molecule has 3 aromatic rings. The Morgan fingerprint density at radius 3 is 2.69 bits per heavy atom. The van der Waals surface area contributed by atoms with Gasteiger partial charge >= 0.3 is 5.97 Å². The third-order valence-electron chi connectivity index (χ3n) is 4.66. The monoisotopic (exact) mass is 472 g/mol. The molecule has 2 heterocycles. The Balaban J connectivity index is 1.73. The van der Waals surface area contributed by atoms with Crippen LogP contribution in [-0.2, 0) is 20.7 Å². The summed E-state index contributed by atoms with van der Waals surface area (Å²) >= 11 is 2.58. The molecular weight excluding hydrogens is 451 g/mol. The normalized spacial score (nSPS) is 10.6. The molecule has 0 radical (unpaired) electrons. The smallest absolute Gasteiger partial charge is 0.311 e. The second-order valence-electron chi connectivity index (χ2n) is 6.78. The van der Waals surface area contributed by atoms with Crippen LogP contribution in [0.25, 0.3) is 5.69 Å². The van der Waals surface area contributed by atoms with Crippen molar-refractivity contribution >= 4 is 40.8 Å². The number of nitrogens with zero attached hydrogens (tertiary/aromatic N) is 3. The van der Waals surface area contributed by atoms with Crippen molar-refractivity contribution in [3.05, 3.63) is 58.0 Å². The number of nitrogens with one attached hydrogen (secondary N) is 1. The van der Waals surface area contributed by atoms with E-state index in [2.05, 4.69) is 16.4 Å². The molecule has 0 saturated carbocycles. The van der Waals surface area contributed by atoms with Crippen LogP contribution in [0, 0.1) is 31.0 Å². The van der Waals surface area contributed by atoms with Crippen LogP contribution in [-0.4, -0.2) is 33.8 Å². The lowest BCUT2D eigenvalue weighted by Gasteiger charge is -2.13. The molecule has 1 aromatic carbocycles. The Labute approximate surface area is 193 Å². The van der Waals surface area contributed by atoms with E-state index in [1.54, 1.807) is 35.9 Å². The average Bonchev–Trinajstić information content (AvgIpc) is 3.29. The molecule has 0 saturated heterocycles. The lowest BCUT2D eigenvalue weighted by atomic mass is 10.2. The van der Waals surface area contributed by atoms with E-state index in [1.807, 2.05) is 6.92 Å². The lowest BCUT2D eigenvalue weighted by molar-refractivity contribution is -0.142. The summed E-state index contributed by atoms with van der Waals surface area (Å²) in [5, 5.41) is 14.2. The number of carbonyl (C=O) groups excluding carboxylic acids is 2. The molecule has 7 nitrogen and oxygen atoms in total. The highest BCUT2D eigenvalue weighted by Gasteiger charge is 2.21. The van der Waals surface area contributed by atoms with E-state index in [1.165, 1.54) is 35.2 Å². The highest BCUT2D eigenvalue weighted by molar-refractivity contribution is 8.01. The Kier molecular flexibility index (Phi) is 7.66. The van der Waals surface area contributed by atoms with Gasteiger partial charge in [-0.3, -0.25) is 14.2 Å². The van der Waals surface area contributed by atoms with Gasteiger partial charge in [0.05, 0.1) is 30.0 Å². The standard InChI is InChI=1S/C22H21FN4O3S2/c1-4-30-20(29)9-16-11-31-22(25-16)32-12-19(28)26-21-18(10-24)13(2)14(3)27(21)17-7-5-15(23)6-8-17/h5-8,11H,4,9,12H2,1-3H3,(H,26,28). The number of anilines is 1. The van der Waals surface area contributed by atoms with E-state index in [-0.39, 0.29) is 29.9 Å². The van der Waals surface area contributed by atoms with Crippen molar-refractivity contribution in [2.75, 3.05) is 17.7 Å². The molecule has 0 atom stereocenters. The molecular formula is C22H21FN4O3S2. The van der Waals surface area contributed by atoms with Gasteiger partial charge in [-0.15, -0.1) is 11.3 Å². The number of thiazole rings is 1. The average molecular weight is 473 g/mol. The predicted octanol–water partition coefficient (Wildman–Crippen LogP) is 4.40. The van der Waals surface area contributed by atoms with Crippen molar-refractivity contribution in [3.63, 3.8) is 0 Å². The second-order valence-corrected chi connectivity index (χ2v) is 8.86. The van der Waals surface area contributed by atoms with Crippen LogP contribution in [0.5, 0.6) is 0 Å². The van der Waals surface area contributed by atoms with Gasteiger partial charge in [0.2, 0.25) is 5.91 Å². The molecule has 0 unspecified atom stereocenters. The summed E-state index contributed by atoms with van der Waals surface area (Å²) in [7, 11) is 0. The Hall–Kier alpha value is -3.16. The van der Waals surface area contributed by atoms with Crippen molar-refractivity contribution < 1.29 is 18.7 Å². The summed E-state index contributed by atoms with van der Waals surface area (Å²) in [4.78, 5) is 28.6. The van der Waals surface area contributed by atoms with Gasteiger partial charge in [-0.05, 0) is 50.6 Å². The maximum absolute atomic E-state index is 13.4. The number of hydrogen-bond acceptors (Lipinski definition) is 7. The molecule has 1 N–H and O–H groups in total. The zero-order chi connectivity index (χ0) is 23.3. The van der Waals surface area contributed by atoms with Crippen LogP contribution in [0.2, 0.25) is 0 Å². The first-order chi connectivity index (χ1) is 15.3. The molecule has 0 spiro atoms. The fourth-order valence-electron chi connectivity index (χ4n) is 3.07. The molecule has 0 aliphatic heterocycles. The zero-order valence-corrected chi connectivity index (χ0v) is 19.4. The summed E-state index contributed by atoms with van der Waals surface area (Å²) in [6.07, 6.45) is 0.0896. The number of ether oxygens (including phenoxy) is 1. The predicted molar refractivity (Wildman–Crippen MR) is 122 cm³/mol. The highest BCUT2D eigenvalue weighted by Crippen LogP contribution is 2.30. The van der Waals surface area contributed by atoms with Gasteiger partial charge in [-0.25, -0.2) is 9.37 Å². The minimum atomic E-state index is -0.372. The summed E-state index contributed by atoms with van der Waals surface area (Å²) in [6.45, 7) is 5.70. The maximum atomic E-state index is 13.4. The van der Waals surface area contributed by atoms with E-state index in [0.717, 1.165) is 11.3 Å². The molecule has 32 heavy (non-hydrogen) atoms. The number of thioether (sulfide) groups is 1. The van der Waals surface area contributed by atoms with Crippen LogP contribution >= 0.6 is 23.1 Å². The number of esters is 1. The Morgan fingerprint density at radius 2 is 2.03 bits per heavy atom. The van der Waals surface area contributed by atoms with Gasteiger partial charge in [0, 0.05) is 16.8 Å². The van der Waals surface area contributed by atoms with E-state index >= 15 is 0 Å². The maximum Gasteiger partial charge on any atom is 0.311 e.